The second-order valence-electron chi connectivity index (χ2n) is 7.50. The number of rotatable bonds is 3. The number of hydrogen-bond acceptors (Lipinski definition) is 4. The van der Waals surface area contributed by atoms with Crippen molar-refractivity contribution >= 4 is 15.9 Å². The van der Waals surface area contributed by atoms with E-state index in [1.165, 1.54) is 4.31 Å². The number of piperidine rings is 1. The topological polar surface area (TPSA) is 66.9 Å². The summed E-state index contributed by atoms with van der Waals surface area (Å²) >= 11 is 0. The molecule has 2 heterocycles. The van der Waals surface area contributed by atoms with Gasteiger partial charge in [-0.05, 0) is 45.7 Å². The molecule has 26 heavy (non-hydrogen) atoms. The summed E-state index contributed by atoms with van der Waals surface area (Å²) in [5.74, 6) is -0.232. The van der Waals surface area contributed by atoms with Gasteiger partial charge in [-0.15, -0.1) is 0 Å². The first-order valence-electron chi connectivity index (χ1n) is 9.27. The fraction of sp³-hybridized carbons (Fsp3) is 0.632. The fourth-order valence-corrected chi connectivity index (χ4v) is 5.39. The molecule has 0 radical (unpaired) electrons. The monoisotopic (exact) mass is 380 g/mol. The normalized spacial score (nSPS) is 28.1. The second-order valence-corrected chi connectivity index (χ2v) is 9.43. The summed E-state index contributed by atoms with van der Waals surface area (Å²) in [6, 6.07) is 6.93. The molecule has 2 fully saturated rings. The number of carbonyl (C=O) groups excluding carboxylic acids is 1. The van der Waals surface area contributed by atoms with Crippen molar-refractivity contribution in [2.45, 2.75) is 50.6 Å². The largest absolute Gasteiger partial charge is 0.377 e. The number of ether oxygens (including phenoxy) is 1. The van der Waals surface area contributed by atoms with E-state index in [0.717, 1.165) is 12.0 Å². The predicted octanol–water partition coefficient (Wildman–Crippen LogP) is 2.03. The highest BCUT2D eigenvalue weighted by Crippen LogP contribution is 2.27. The van der Waals surface area contributed by atoms with Crippen molar-refractivity contribution in [3.63, 3.8) is 0 Å². The lowest BCUT2D eigenvalue weighted by Gasteiger charge is -2.42. The van der Waals surface area contributed by atoms with Crippen LogP contribution in [-0.4, -0.2) is 61.9 Å². The SMILES string of the molecule is Cc1ccc(S(=O)(=O)N2CCC[C@@H](C(=O)N3[C@H](C)COC[C@@H]3C)C2)cc1. The first kappa shape index (κ1) is 19.3. The lowest BCUT2D eigenvalue weighted by Crippen LogP contribution is -2.56. The third-order valence-electron chi connectivity index (χ3n) is 5.31. The maximum atomic E-state index is 13.1. The van der Waals surface area contributed by atoms with E-state index < -0.39 is 10.0 Å². The molecule has 144 valence electrons. The van der Waals surface area contributed by atoms with Gasteiger partial charge in [0.25, 0.3) is 0 Å². The van der Waals surface area contributed by atoms with E-state index >= 15 is 0 Å². The van der Waals surface area contributed by atoms with Crippen molar-refractivity contribution in [1.82, 2.24) is 9.21 Å². The number of benzene rings is 1. The highest BCUT2D eigenvalue weighted by molar-refractivity contribution is 7.89. The molecule has 0 N–H and O–H groups in total. The number of sulfonamides is 1. The standard InChI is InChI=1S/C19H28N2O4S/c1-14-6-8-18(9-7-14)26(23,24)20-10-4-5-17(11-20)19(22)21-15(2)12-25-13-16(21)3/h6-9,15-17H,4-5,10-13H2,1-3H3/t15-,16+,17-/m1/s1. The van der Waals surface area contributed by atoms with Gasteiger partial charge in [0, 0.05) is 13.1 Å². The Labute approximate surface area is 156 Å². The molecule has 1 aromatic carbocycles. The molecule has 0 aromatic heterocycles. The van der Waals surface area contributed by atoms with Crippen LogP contribution in [-0.2, 0) is 19.6 Å². The molecule has 2 aliphatic heterocycles. The van der Waals surface area contributed by atoms with Gasteiger partial charge in [0.1, 0.15) is 0 Å². The molecule has 1 aromatic rings. The summed E-state index contributed by atoms with van der Waals surface area (Å²) in [7, 11) is -3.57. The van der Waals surface area contributed by atoms with Gasteiger partial charge in [0.15, 0.2) is 0 Å². The van der Waals surface area contributed by atoms with Crippen molar-refractivity contribution in [3.05, 3.63) is 29.8 Å². The molecule has 3 rings (SSSR count). The van der Waals surface area contributed by atoms with E-state index in [-0.39, 0.29) is 30.5 Å². The van der Waals surface area contributed by atoms with Gasteiger partial charge in [-0.25, -0.2) is 8.42 Å². The van der Waals surface area contributed by atoms with Crippen molar-refractivity contribution in [2.24, 2.45) is 5.92 Å². The Morgan fingerprint density at radius 2 is 1.73 bits per heavy atom. The van der Waals surface area contributed by atoms with Crippen LogP contribution in [0.15, 0.2) is 29.2 Å². The summed E-state index contributed by atoms with van der Waals surface area (Å²) < 4.78 is 32.9. The average Bonchev–Trinajstić information content (AvgIpc) is 2.62. The Balaban J connectivity index is 1.76. The van der Waals surface area contributed by atoms with Gasteiger partial charge in [0.05, 0.1) is 36.1 Å². The molecule has 3 atom stereocenters. The number of carbonyl (C=O) groups is 1. The van der Waals surface area contributed by atoms with Crippen LogP contribution in [0.3, 0.4) is 0 Å². The Morgan fingerprint density at radius 3 is 2.35 bits per heavy atom. The minimum atomic E-state index is -3.57. The van der Waals surface area contributed by atoms with Gasteiger partial charge < -0.3 is 9.64 Å². The predicted molar refractivity (Wildman–Crippen MR) is 99.3 cm³/mol. The highest BCUT2D eigenvalue weighted by atomic mass is 32.2. The molecule has 1 amide bonds. The smallest absolute Gasteiger partial charge is 0.243 e. The molecule has 0 spiro atoms. The third kappa shape index (κ3) is 3.80. The average molecular weight is 381 g/mol. The molecular weight excluding hydrogens is 352 g/mol. The van der Waals surface area contributed by atoms with Crippen LogP contribution in [0, 0.1) is 12.8 Å². The van der Waals surface area contributed by atoms with Gasteiger partial charge in [-0.2, -0.15) is 4.31 Å². The van der Waals surface area contributed by atoms with Gasteiger partial charge in [-0.1, -0.05) is 17.7 Å². The lowest BCUT2D eigenvalue weighted by molar-refractivity contribution is -0.149. The summed E-state index contributed by atoms with van der Waals surface area (Å²) in [4.78, 5) is 15.3. The summed E-state index contributed by atoms with van der Waals surface area (Å²) in [6.45, 7) is 7.69. The maximum absolute atomic E-state index is 13.1. The highest BCUT2D eigenvalue weighted by Gasteiger charge is 2.38. The number of morpholine rings is 1. The van der Waals surface area contributed by atoms with Crippen molar-refractivity contribution in [2.75, 3.05) is 26.3 Å². The maximum Gasteiger partial charge on any atom is 0.243 e. The van der Waals surface area contributed by atoms with Crippen LogP contribution in [0.4, 0.5) is 0 Å². The zero-order valence-corrected chi connectivity index (χ0v) is 16.5. The van der Waals surface area contributed by atoms with E-state index in [2.05, 4.69) is 0 Å². The number of amides is 1. The zero-order valence-electron chi connectivity index (χ0n) is 15.7. The van der Waals surface area contributed by atoms with E-state index in [0.29, 0.717) is 31.1 Å². The first-order valence-corrected chi connectivity index (χ1v) is 10.7. The van der Waals surface area contributed by atoms with E-state index in [1.807, 2.05) is 25.7 Å². The molecule has 0 unspecified atom stereocenters. The molecule has 2 aliphatic rings. The molecule has 2 saturated heterocycles. The summed E-state index contributed by atoms with van der Waals surface area (Å²) in [5.41, 5.74) is 1.02. The van der Waals surface area contributed by atoms with Crippen molar-refractivity contribution < 1.29 is 17.9 Å². The zero-order chi connectivity index (χ0) is 18.9. The van der Waals surface area contributed by atoms with Crippen LogP contribution in [0.5, 0.6) is 0 Å². The Hall–Kier alpha value is -1.44. The fourth-order valence-electron chi connectivity index (χ4n) is 3.87. The van der Waals surface area contributed by atoms with Crippen LogP contribution >= 0.6 is 0 Å². The summed E-state index contributed by atoms with van der Waals surface area (Å²) in [6.07, 6.45) is 1.43. The van der Waals surface area contributed by atoms with Gasteiger partial charge >= 0.3 is 0 Å². The van der Waals surface area contributed by atoms with E-state index in [9.17, 15) is 13.2 Å². The Kier molecular flexibility index (Phi) is 5.69. The Morgan fingerprint density at radius 1 is 1.12 bits per heavy atom. The van der Waals surface area contributed by atoms with Crippen molar-refractivity contribution in [1.29, 1.82) is 0 Å². The van der Waals surface area contributed by atoms with Crippen LogP contribution in [0.1, 0.15) is 32.3 Å². The molecule has 0 bridgehead atoms. The number of aryl methyl sites for hydroxylation is 1. The van der Waals surface area contributed by atoms with E-state index in [1.54, 1.807) is 24.3 Å². The van der Waals surface area contributed by atoms with Crippen molar-refractivity contribution in [3.8, 4) is 0 Å². The molecule has 7 heteroatoms. The molecule has 6 nitrogen and oxygen atoms in total. The molecule has 0 aliphatic carbocycles. The third-order valence-corrected chi connectivity index (χ3v) is 7.19. The van der Waals surface area contributed by atoms with E-state index in [4.69, 9.17) is 4.74 Å². The molecule has 0 saturated carbocycles. The Bertz CT molecular complexity index is 737. The number of nitrogens with zero attached hydrogens (tertiary/aromatic N) is 2. The van der Waals surface area contributed by atoms with Gasteiger partial charge in [0.2, 0.25) is 15.9 Å². The number of hydrogen-bond donors (Lipinski definition) is 0. The summed E-state index contributed by atoms with van der Waals surface area (Å²) in [5, 5.41) is 0. The minimum Gasteiger partial charge on any atom is -0.377 e. The quantitative estimate of drug-likeness (QED) is 0.805. The van der Waals surface area contributed by atoms with Crippen LogP contribution in [0.25, 0.3) is 0 Å². The minimum absolute atomic E-state index is 0.0235. The second kappa shape index (κ2) is 7.66. The lowest BCUT2D eigenvalue weighted by atomic mass is 9.96. The molecular formula is C19H28N2O4S. The van der Waals surface area contributed by atoms with Gasteiger partial charge in [-0.3, -0.25) is 4.79 Å². The van der Waals surface area contributed by atoms with Crippen LogP contribution in [0.2, 0.25) is 0 Å². The van der Waals surface area contributed by atoms with Crippen LogP contribution < -0.4 is 0 Å². The first-order chi connectivity index (χ1) is 12.3.